The number of hydrogen-bond donors (Lipinski definition) is 1. The fourth-order valence-corrected chi connectivity index (χ4v) is 4.25. The summed E-state index contributed by atoms with van der Waals surface area (Å²) in [5.74, 6) is 0.813. The topological polar surface area (TPSA) is 29.5 Å². The summed E-state index contributed by atoms with van der Waals surface area (Å²) in [6.45, 7) is 13.1. The first-order chi connectivity index (χ1) is 13.6. The zero-order valence-corrected chi connectivity index (χ0v) is 19.1. The first-order valence-electron chi connectivity index (χ1n) is 10.0. The van der Waals surface area contributed by atoms with Gasteiger partial charge in [0.05, 0.1) is 0 Å². The Bertz CT molecular complexity index is 916. The maximum absolute atomic E-state index is 11.0. The van der Waals surface area contributed by atoms with E-state index in [0.717, 1.165) is 33.3 Å². The normalized spacial score (nSPS) is 13.2. The number of hydrogen-bond acceptors (Lipinski definition) is 2. The summed E-state index contributed by atoms with van der Waals surface area (Å²) < 4.78 is 6.28. The standard InChI is InChI=1S/C26H31O2P/c1-25(2,3)22-13-10-14-23(26(4,5)6)24(22)28-29(27)21-17-15-20(16-18-21)19-11-8-7-9-12-19/h7-18,27H,1-6H3. The molecule has 0 saturated carbocycles. The molecule has 3 rings (SSSR count). The monoisotopic (exact) mass is 406 g/mol. The minimum atomic E-state index is -1.76. The van der Waals surface area contributed by atoms with Crippen molar-refractivity contribution >= 4 is 13.7 Å². The molecule has 1 N–H and O–H groups in total. The molecule has 0 aliphatic heterocycles. The van der Waals surface area contributed by atoms with Gasteiger partial charge in [-0.3, -0.25) is 0 Å². The third kappa shape index (κ3) is 5.07. The molecule has 0 aliphatic carbocycles. The molecule has 0 aromatic heterocycles. The van der Waals surface area contributed by atoms with Crippen LogP contribution in [-0.2, 0) is 10.8 Å². The second kappa shape index (κ2) is 8.30. The van der Waals surface area contributed by atoms with Crippen molar-refractivity contribution in [2.75, 3.05) is 0 Å². The van der Waals surface area contributed by atoms with E-state index in [9.17, 15) is 4.89 Å². The van der Waals surface area contributed by atoms with Gasteiger partial charge in [-0.2, -0.15) is 0 Å². The first-order valence-corrected chi connectivity index (χ1v) is 11.2. The van der Waals surface area contributed by atoms with Crippen LogP contribution in [0.5, 0.6) is 5.75 Å². The molecule has 0 aliphatic rings. The summed E-state index contributed by atoms with van der Waals surface area (Å²) in [4.78, 5) is 11.0. The van der Waals surface area contributed by atoms with Crippen molar-refractivity contribution < 1.29 is 9.42 Å². The van der Waals surface area contributed by atoms with Crippen LogP contribution < -0.4 is 9.83 Å². The third-order valence-electron chi connectivity index (χ3n) is 5.00. The van der Waals surface area contributed by atoms with Crippen LogP contribution in [0.4, 0.5) is 0 Å². The van der Waals surface area contributed by atoms with E-state index in [4.69, 9.17) is 4.52 Å². The highest BCUT2D eigenvalue weighted by atomic mass is 31.2. The van der Waals surface area contributed by atoms with Crippen LogP contribution in [0.25, 0.3) is 11.1 Å². The summed E-state index contributed by atoms with van der Waals surface area (Å²) in [6, 6.07) is 24.5. The molecule has 3 aromatic carbocycles. The van der Waals surface area contributed by atoms with Gasteiger partial charge in [0.15, 0.2) is 0 Å². The summed E-state index contributed by atoms with van der Waals surface area (Å²) >= 11 is 0. The number of para-hydroxylation sites is 1. The van der Waals surface area contributed by atoms with Crippen molar-refractivity contribution in [2.24, 2.45) is 0 Å². The highest BCUT2D eigenvalue weighted by molar-refractivity contribution is 7.55. The number of benzene rings is 3. The van der Waals surface area contributed by atoms with Crippen molar-refractivity contribution in [1.29, 1.82) is 0 Å². The van der Waals surface area contributed by atoms with Gasteiger partial charge in [0, 0.05) is 16.4 Å². The van der Waals surface area contributed by atoms with Crippen molar-refractivity contribution in [3.63, 3.8) is 0 Å². The largest absolute Gasteiger partial charge is 0.443 e. The molecule has 152 valence electrons. The zero-order chi connectivity index (χ0) is 21.2. The van der Waals surface area contributed by atoms with Crippen molar-refractivity contribution in [2.45, 2.75) is 52.4 Å². The van der Waals surface area contributed by atoms with Crippen LogP contribution in [0.2, 0.25) is 0 Å². The Labute approximate surface area is 176 Å². The molecular weight excluding hydrogens is 375 g/mol. The van der Waals surface area contributed by atoms with Crippen LogP contribution in [0.15, 0.2) is 72.8 Å². The molecule has 1 unspecified atom stereocenters. The summed E-state index contributed by atoms with van der Waals surface area (Å²) in [5.41, 5.74) is 4.37. The minimum Gasteiger partial charge on any atom is -0.443 e. The van der Waals surface area contributed by atoms with E-state index in [1.807, 2.05) is 42.5 Å². The predicted molar refractivity (Wildman–Crippen MR) is 125 cm³/mol. The molecule has 3 heteroatoms. The van der Waals surface area contributed by atoms with E-state index < -0.39 is 8.38 Å². The molecular formula is C26H31O2P. The Kier molecular flexibility index (Phi) is 6.17. The molecule has 0 fully saturated rings. The fraction of sp³-hybridized carbons (Fsp3) is 0.308. The average molecular weight is 407 g/mol. The van der Waals surface area contributed by atoms with Crippen molar-refractivity contribution in [1.82, 2.24) is 0 Å². The van der Waals surface area contributed by atoms with Crippen LogP contribution in [-0.4, -0.2) is 4.89 Å². The Hall–Kier alpha value is -2.15. The highest BCUT2D eigenvalue weighted by Gasteiger charge is 2.28. The van der Waals surface area contributed by atoms with Gasteiger partial charge >= 0.3 is 0 Å². The first kappa shape index (κ1) is 21.6. The SMILES string of the molecule is CC(C)(C)c1cccc(C(C)(C)C)c1OP(O)c1ccc(-c2ccccc2)cc1. The van der Waals surface area contributed by atoms with Gasteiger partial charge in [-0.05, 0) is 34.1 Å². The van der Waals surface area contributed by atoms with E-state index in [1.165, 1.54) is 0 Å². The molecule has 0 heterocycles. The molecule has 29 heavy (non-hydrogen) atoms. The van der Waals surface area contributed by atoms with Crippen LogP contribution in [0.3, 0.4) is 0 Å². The Morgan fingerprint density at radius 2 is 1.10 bits per heavy atom. The summed E-state index contributed by atoms with van der Waals surface area (Å²) in [7, 11) is -1.76. The molecule has 0 saturated heterocycles. The van der Waals surface area contributed by atoms with Gasteiger partial charge in [-0.15, -0.1) is 0 Å². The zero-order valence-electron chi connectivity index (χ0n) is 18.2. The van der Waals surface area contributed by atoms with E-state index >= 15 is 0 Å². The molecule has 0 amide bonds. The summed E-state index contributed by atoms with van der Waals surface area (Å²) in [5, 5.41) is 0.809. The van der Waals surface area contributed by atoms with Crippen LogP contribution in [0.1, 0.15) is 52.7 Å². The van der Waals surface area contributed by atoms with Gasteiger partial charge in [0.25, 0.3) is 8.38 Å². The second-order valence-electron chi connectivity index (χ2n) is 9.46. The van der Waals surface area contributed by atoms with E-state index in [-0.39, 0.29) is 10.8 Å². The average Bonchev–Trinajstić information content (AvgIpc) is 2.67. The van der Waals surface area contributed by atoms with E-state index in [0.29, 0.717) is 0 Å². The van der Waals surface area contributed by atoms with Gasteiger partial charge in [0.1, 0.15) is 5.75 Å². The molecule has 0 bridgehead atoms. The maximum atomic E-state index is 11.0. The van der Waals surface area contributed by atoms with Gasteiger partial charge in [-0.25, -0.2) is 0 Å². The lowest BCUT2D eigenvalue weighted by Crippen LogP contribution is -2.19. The van der Waals surface area contributed by atoms with Crippen LogP contribution >= 0.6 is 8.38 Å². The van der Waals surface area contributed by atoms with Crippen LogP contribution in [0, 0.1) is 0 Å². The lowest BCUT2D eigenvalue weighted by atomic mass is 9.80. The van der Waals surface area contributed by atoms with Gasteiger partial charge < -0.3 is 9.42 Å². The Morgan fingerprint density at radius 1 is 0.621 bits per heavy atom. The van der Waals surface area contributed by atoms with E-state index in [1.54, 1.807) is 0 Å². The molecule has 2 nitrogen and oxygen atoms in total. The Balaban J connectivity index is 1.93. The molecule has 3 aromatic rings. The molecule has 0 radical (unpaired) electrons. The molecule has 0 spiro atoms. The van der Waals surface area contributed by atoms with Crippen molar-refractivity contribution in [3.05, 3.63) is 83.9 Å². The second-order valence-corrected chi connectivity index (χ2v) is 10.7. The maximum Gasteiger partial charge on any atom is 0.262 e. The minimum absolute atomic E-state index is 0.0794. The summed E-state index contributed by atoms with van der Waals surface area (Å²) in [6.07, 6.45) is 0. The smallest absolute Gasteiger partial charge is 0.262 e. The van der Waals surface area contributed by atoms with Crippen molar-refractivity contribution in [3.8, 4) is 16.9 Å². The molecule has 1 atom stereocenters. The van der Waals surface area contributed by atoms with Gasteiger partial charge in [0.2, 0.25) is 0 Å². The Morgan fingerprint density at radius 3 is 1.59 bits per heavy atom. The third-order valence-corrected chi connectivity index (χ3v) is 6.10. The predicted octanol–water partition coefficient (Wildman–Crippen LogP) is 6.96. The quantitative estimate of drug-likeness (QED) is 0.475. The lowest BCUT2D eigenvalue weighted by Gasteiger charge is -2.30. The highest BCUT2D eigenvalue weighted by Crippen LogP contribution is 2.45. The number of rotatable bonds is 4. The van der Waals surface area contributed by atoms with E-state index in [2.05, 4.69) is 71.9 Å². The lowest BCUT2D eigenvalue weighted by molar-refractivity contribution is 0.460. The van der Waals surface area contributed by atoms with Gasteiger partial charge in [-0.1, -0.05) is 102 Å². The fourth-order valence-electron chi connectivity index (χ4n) is 3.37.